The standard InChI is InChI=1S/C20H30O2/c1-14(8-9-15-5-3-6-16(21)13-15)17-10-11-18-19(22)7-4-12-20(17,18)2/h3,5-6,13-14,17-19,21-22H,4,7-12H2,1-2H3/t14-,17-,18+,19+,20+/m1/s1. The van der Waals surface area contributed by atoms with E-state index in [4.69, 9.17) is 0 Å². The second-order valence-electron chi connectivity index (χ2n) is 7.94. The molecule has 0 saturated heterocycles. The zero-order valence-electron chi connectivity index (χ0n) is 14.0. The molecule has 0 aliphatic heterocycles. The molecule has 1 aromatic carbocycles. The van der Waals surface area contributed by atoms with Crippen molar-refractivity contribution in [3.05, 3.63) is 29.8 Å². The van der Waals surface area contributed by atoms with Crippen molar-refractivity contribution in [3.8, 4) is 5.75 Å². The van der Waals surface area contributed by atoms with Gasteiger partial charge in [0.25, 0.3) is 0 Å². The quantitative estimate of drug-likeness (QED) is 0.857. The summed E-state index contributed by atoms with van der Waals surface area (Å²) in [4.78, 5) is 0. The lowest BCUT2D eigenvalue weighted by Gasteiger charge is -2.45. The molecule has 2 aliphatic rings. The summed E-state index contributed by atoms with van der Waals surface area (Å²) in [6.45, 7) is 4.82. The third-order valence-electron chi connectivity index (χ3n) is 6.65. The normalized spacial score (nSPS) is 36.0. The van der Waals surface area contributed by atoms with E-state index in [1.807, 2.05) is 12.1 Å². The third kappa shape index (κ3) is 2.90. The first-order valence-corrected chi connectivity index (χ1v) is 8.96. The van der Waals surface area contributed by atoms with Crippen LogP contribution in [0.3, 0.4) is 0 Å². The van der Waals surface area contributed by atoms with Crippen LogP contribution in [0, 0.1) is 23.2 Å². The van der Waals surface area contributed by atoms with E-state index < -0.39 is 0 Å². The molecule has 122 valence electrons. The number of fused-ring (bicyclic) bond motifs is 1. The Labute approximate surface area is 134 Å². The Kier molecular flexibility index (Phi) is 4.49. The Morgan fingerprint density at radius 1 is 1.27 bits per heavy atom. The molecule has 0 radical (unpaired) electrons. The maximum Gasteiger partial charge on any atom is 0.115 e. The van der Waals surface area contributed by atoms with Crippen LogP contribution in [0.1, 0.15) is 57.9 Å². The first-order chi connectivity index (χ1) is 10.5. The molecule has 2 N–H and O–H groups in total. The molecule has 5 atom stereocenters. The monoisotopic (exact) mass is 302 g/mol. The van der Waals surface area contributed by atoms with Crippen LogP contribution in [0.4, 0.5) is 0 Å². The Hall–Kier alpha value is -1.02. The third-order valence-corrected chi connectivity index (χ3v) is 6.65. The van der Waals surface area contributed by atoms with Gasteiger partial charge in [0, 0.05) is 0 Å². The van der Waals surface area contributed by atoms with E-state index in [1.165, 1.54) is 37.7 Å². The van der Waals surface area contributed by atoms with Gasteiger partial charge in [0.1, 0.15) is 5.75 Å². The molecule has 2 aliphatic carbocycles. The van der Waals surface area contributed by atoms with Gasteiger partial charge in [-0.1, -0.05) is 32.4 Å². The van der Waals surface area contributed by atoms with E-state index in [1.54, 1.807) is 6.07 Å². The van der Waals surface area contributed by atoms with Gasteiger partial charge >= 0.3 is 0 Å². The Bertz CT molecular complexity index is 512. The van der Waals surface area contributed by atoms with Gasteiger partial charge < -0.3 is 10.2 Å². The lowest BCUT2D eigenvalue weighted by atomic mass is 9.61. The van der Waals surface area contributed by atoms with Crippen LogP contribution in [-0.2, 0) is 6.42 Å². The van der Waals surface area contributed by atoms with Crippen LogP contribution in [0.15, 0.2) is 24.3 Å². The van der Waals surface area contributed by atoms with Crippen molar-refractivity contribution in [1.82, 2.24) is 0 Å². The molecule has 2 saturated carbocycles. The molecule has 2 fully saturated rings. The first-order valence-electron chi connectivity index (χ1n) is 8.96. The summed E-state index contributed by atoms with van der Waals surface area (Å²) in [6.07, 6.45) is 8.10. The number of aromatic hydroxyl groups is 1. The number of phenols is 1. The van der Waals surface area contributed by atoms with E-state index in [9.17, 15) is 10.2 Å². The number of phenolic OH excluding ortho intramolecular Hbond substituents is 1. The first kappa shape index (κ1) is 15.9. The average Bonchev–Trinajstić information content (AvgIpc) is 2.83. The van der Waals surface area contributed by atoms with Gasteiger partial charge in [0.2, 0.25) is 0 Å². The number of hydrogen-bond donors (Lipinski definition) is 2. The highest BCUT2D eigenvalue weighted by Gasteiger charge is 2.51. The van der Waals surface area contributed by atoms with Crippen LogP contribution in [0.2, 0.25) is 0 Å². The summed E-state index contributed by atoms with van der Waals surface area (Å²) >= 11 is 0. The van der Waals surface area contributed by atoms with Gasteiger partial charge in [0.15, 0.2) is 0 Å². The second kappa shape index (κ2) is 6.23. The fourth-order valence-electron chi connectivity index (χ4n) is 5.43. The smallest absolute Gasteiger partial charge is 0.115 e. The van der Waals surface area contributed by atoms with Crippen LogP contribution in [0.5, 0.6) is 5.75 Å². The summed E-state index contributed by atoms with van der Waals surface area (Å²) in [6, 6.07) is 7.66. The zero-order chi connectivity index (χ0) is 15.7. The van der Waals surface area contributed by atoms with Crippen molar-refractivity contribution >= 4 is 0 Å². The fourth-order valence-corrected chi connectivity index (χ4v) is 5.43. The molecule has 22 heavy (non-hydrogen) atoms. The number of aliphatic hydroxyl groups excluding tert-OH is 1. The predicted octanol–water partition coefficient (Wildman–Crippen LogP) is 4.54. The van der Waals surface area contributed by atoms with E-state index >= 15 is 0 Å². The fraction of sp³-hybridized carbons (Fsp3) is 0.700. The van der Waals surface area contributed by atoms with Gasteiger partial charge in [-0.25, -0.2) is 0 Å². The topological polar surface area (TPSA) is 40.5 Å². The minimum Gasteiger partial charge on any atom is -0.508 e. The average molecular weight is 302 g/mol. The Balaban J connectivity index is 1.64. The maximum absolute atomic E-state index is 10.4. The molecule has 3 rings (SSSR count). The maximum atomic E-state index is 10.4. The van der Waals surface area contributed by atoms with Crippen LogP contribution in [-0.4, -0.2) is 16.3 Å². The van der Waals surface area contributed by atoms with Crippen molar-refractivity contribution in [1.29, 1.82) is 0 Å². The van der Waals surface area contributed by atoms with Crippen molar-refractivity contribution in [2.45, 2.75) is 64.9 Å². The lowest BCUT2D eigenvalue weighted by Crippen LogP contribution is -2.41. The van der Waals surface area contributed by atoms with Crippen molar-refractivity contribution in [2.24, 2.45) is 23.2 Å². The highest BCUT2D eigenvalue weighted by molar-refractivity contribution is 5.27. The van der Waals surface area contributed by atoms with Gasteiger partial charge in [0.05, 0.1) is 6.10 Å². The summed E-state index contributed by atoms with van der Waals surface area (Å²) in [5, 5.41) is 19.9. The van der Waals surface area contributed by atoms with E-state index in [0.29, 0.717) is 23.0 Å². The van der Waals surface area contributed by atoms with Gasteiger partial charge in [-0.15, -0.1) is 0 Å². The van der Waals surface area contributed by atoms with Crippen LogP contribution in [0.25, 0.3) is 0 Å². The van der Waals surface area contributed by atoms with E-state index in [0.717, 1.165) is 18.8 Å². The molecular formula is C20H30O2. The summed E-state index contributed by atoms with van der Waals surface area (Å²) in [5.41, 5.74) is 1.57. The minimum atomic E-state index is -0.0676. The van der Waals surface area contributed by atoms with Crippen molar-refractivity contribution in [3.63, 3.8) is 0 Å². The molecule has 2 nitrogen and oxygen atoms in total. The molecule has 0 aromatic heterocycles. The molecule has 0 bridgehead atoms. The SMILES string of the molecule is C[C@H](CCc1cccc(O)c1)[C@H]1CC[C@H]2[C@@H](O)CCC[C@@]12C. The van der Waals surface area contributed by atoms with E-state index in [-0.39, 0.29) is 6.10 Å². The minimum absolute atomic E-state index is 0.0676. The number of rotatable bonds is 4. The number of hydrogen-bond acceptors (Lipinski definition) is 2. The van der Waals surface area contributed by atoms with Crippen molar-refractivity contribution in [2.75, 3.05) is 0 Å². The number of aryl methyl sites for hydroxylation is 1. The summed E-state index contributed by atoms with van der Waals surface area (Å²) < 4.78 is 0. The van der Waals surface area contributed by atoms with Gasteiger partial charge in [-0.05, 0) is 79.4 Å². The lowest BCUT2D eigenvalue weighted by molar-refractivity contribution is -0.0275. The van der Waals surface area contributed by atoms with Crippen LogP contribution >= 0.6 is 0 Å². The predicted molar refractivity (Wildman–Crippen MR) is 89.8 cm³/mol. The molecule has 0 spiro atoms. The van der Waals surface area contributed by atoms with Crippen molar-refractivity contribution < 1.29 is 10.2 Å². The Morgan fingerprint density at radius 3 is 2.86 bits per heavy atom. The highest BCUT2D eigenvalue weighted by Crippen LogP contribution is 2.58. The van der Waals surface area contributed by atoms with Gasteiger partial charge in [-0.3, -0.25) is 0 Å². The zero-order valence-corrected chi connectivity index (χ0v) is 14.0. The number of benzene rings is 1. The molecule has 2 heteroatoms. The molecule has 0 amide bonds. The van der Waals surface area contributed by atoms with Crippen LogP contribution < -0.4 is 0 Å². The second-order valence-corrected chi connectivity index (χ2v) is 7.94. The number of aliphatic hydroxyl groups is 1. The molecule has 1 aromatic rings. The van der Waals surface area contributed by atoms with Gasteiger partial charge in [-0.2, -0.15) is 0 Å². The molecular weight excluding hydrogens is 272 g/mol. The summed E-state index contributed by atoms with van der Waals surface area (Å²) in [5.74, 6) is 2.32. The molecule has 0 unspecified atom stereocenters. The largest absolute Gasteiger partial charge is 0.508 e. The molecule has 0 heterocycles. The summed E-state index contributed by atoms with van der Waals surface area (Å²) in [7, 11) is 0. The Morgan fingerprint density at radius 2 is 2.09 bits per heavy atom. The highest BCUT2D eigenvalue weighted by atomic mass is 16.3. The van der Waals surface area contributed by atoms with E-state index in [2.05, 4.69) is 19.9 Å².